The summed E-state index contributed by atoms with van der Waals surface area (Å²) in [6, 6.07) is 0. The van der Waals surface area contributed by atoms with E-state index in [0.29, 0.717) is 18.9 Å². The molecule has 3 aliphatic carbocycles. The minimum Gasteiger partial charge on any atom is -0.494 e. The molecule has 1 spiro atoms. The van der Waals surface area contributed by atoms with E-state index in [1.807, 2.05) is 0 Å². The number of aromatic nitrogens is 1. The van der Waals surface area contributed by atoms with Crippen molar-refractivity contribution in [3.63, 3.8) is 0 Å². The van der Waals surface area contributed by atoms with Crippen LogP contribution in [0.1, 0.15) is 55.1 Å². The maximum Gasteiger partial charge on any atom is 0.303 e. The van der Waals surface area contributed by atoms with Crippen LogP contribution in [-0.2, 0) is 11.3 Å². The van der Waals surface area contributed by atoms with Gasteiger partial charge in [0.05, 0.1) is 0 Å². The van der Waals surface area contributed by atoms with Crippen molar-refractivity contribution in [1.82, 2.24) is 4.57 Å². The van der Waals surface area contributed by atoms with Crippen LogP contribution in [0.4, 0.5) is 0 Å². The zero-order valence-electron chi connectivity index (χ0n) is 11.7. The molecule has 5 heteroatoms. The number of rotatable bonds is 6. The number of carboxylic acids is 1. The molecule has 0 aromatic carbocycles. The van der Waals surface area contributed by atoms with Crippen molar-refractivity contribution >= 4 is 5.97 Å². The van der Waals surface area contributed by atoms with Gasteiger partial charge in [0.2, 0.25) is 0 Å². The number of allylic oxidation sites excluding steroid dienone is 2. The first kappa shape index (κ1) is 12.8. The van der Waals surface area contributed by atoms with E-state index < -0.39 is 5.97 Å². The third-order valence-electron chi connectivity index (χ3n) is 5.44. The third kappa shape index (κ3) is 1.54. The molecule has 1 heterocycles. The van der Waals surface area contributed by atoms with Crippen LogP contribution >= 0.6 is 0 Å². The molecule has 1 fully saturated rings. The minimum absolute atomic E-state index is 0.178. The van der Waals surface area contributed by atoms with Crippen LogP contribution in [0.2, 0.25) is 0 Å². The van der Waals surface area contributed by atoms with E-state index in [1.54, 1.807) is 4.57 Å². The van der Waals surface area contributed by atoms with Crippen molar-refractivity contribution in [3.05, 3.63) is 23.3 Å². The fourth-order valence-corrected chi connectivity index (χ4v) is 4.21. The van der Waals surface area contributed by atoms with Gasteiger partial charge in [0.15, 0.2) is 11.8 Å². The van der Waals surface area contributed by atoms with E-state index in [4.69, 9.17) is 5.11 Å². The van der Waals surface area contributed by atoms with Crippen molar-refractivity contribution in [2.75, 3.05) is 0 Å². The zero-order valence-corrected chi connectivity index (χ0v) is 11.7. The van der Waals surface area contributed by atoms with Crippen molar-refractivity contribution in [2.24, 2.45) is 5.41 Å². The van der Waals surface area contributed by atoms with Crippen molar-refractivity contribution in [1.29, 1.82) is 0 Å². The highest BCUT2D eigenvalue weighted by molar-refractivity contribution is 5.67. The third-order valence-corrected chi connectivity index (χ3v) is 5.44. The summed E-state index contributed by atoms with van der Waals surface area (Å²) in [6.07, 6.45) is 7.80. The molecule has 1 aromatic rings. The Morgan fingerprint density at radius 1 is 1.24 bits per heavy atom. The molecule has 0 bridgehead atoms. The molecule has 4 rings (SSSR count). The largest absolute Gasteiger partial charge is 0.494 e. The molecule has 1 aromatic heterocycles. The Morgan fingerprint density at radius 3 is 2.67 bits per heavy atom. The first-order chi connectivity index (χ1) is 10.1. The van der Waals surface area contributed by atoms with Crippen LogP contribution in [-0.4, -0.2) is 25.9 Å². The number of aromatic hydroxyl groups is 2. The van der Waals surface area contributed by atoms with E-state index in [1.165, 1.54) is 0 Å². The summed E-state index contributed by atoms with van der Waals surface area (Å²) in [5, 5.41) is 29.4. The van der Waals surface area contributed by atoms with Crippen LogP contribution in [0.25, 0.3) is 0 Å². The lowest BCUT2D eigenvalue weighted by Gasteiger charge is -2.26. The van der Waals surface area contributed by atoms with E-state index in [2.05, 4.69) is 12.2 Å². The number of hydrogen-bond acceptors (Lipinski definition) is 3. The van der Waals surface area contributed by atoms with Crippen molar-refractivity contribution in [3.8, 4) is 11.8 Å². The van der Waals surface area contributed by atoms with Gasteiger partial charge in [-0.25, -0.2) is 0 Å². The van der Waals surface area contributed by atoms with Gasteiger partial charge in [0, 0.05) is 41.3 Å². The molecule has 0 amide bonds. The van der Waals surface area contributed by atoms with Gasteiger partial charge < -0.3 is 15.3 Å². The Hall–Kier alpha value is -1.91. The molecule has 112 valence electrons. The lowest BCUT2D eigenvalue weighted by Crippen LogP contribution is -2.15. The Balaban J connectivity index is 1.47. The second-order valence-corrected chi connectivity index (χ2v) is 6.54. The van der Waals surface area contributed by atoms with Gasteiger partial charge in [-0.15, -0.1) is 0 Å². The summed E-state index contributed by atoms with van der Waals surface area (Å²) in [7, 11) is 0. The topological polar surface area (TPSA) is 82.7 Å². The summed E-state index contributed by atoms with van der Waals surface area (Å²) >= 11 is 0. The average Bonchev–Trinajstić information content (AvgIpc) is 3.08. The summed E-state index contributed by atoms with van der Waals surface area (Å²) in [4.78, 5) is 10.5. The predicted molar refractivity (Wildman–Crippen MR) is 75.5 cm³/mol. The molecule has 0 radical (unpaired) electrons. The van der Waals surface area contributed by atoms with Gasteiger partial charge in [0.25, 0.3) is 0 Å². The molecule has 1 saturated carbocycles. The molecule has 0 aliphatic heterocycles. The summed E-state index contributed by atoms with van der Waals surface area (Å²) in [5.41, 5.74) is 2.10. The molecule has 3 aliphatic rings. The number of unbranched alkanes of at least 4 members (excludes halogenated alkanes) is 2. The summed E-state index contributed by atoms with van der Waals surface area (Å²) < 4.78 is 1.60. The highest BCUT2D eigenvalue weighted by atomic mass is 16.4. The first-order valence-corrected chi connectivity index (χ1v) is 7.61. The van der Waals surface area contributed by atoms with Crippen molar-refractivity contribution in [2.45, 2.75) is 50.5 Å². The van der Waals surface area contributed by atoms with E-state index in [9.17, 15) is 15.0 Å². The maximum absolute atomic E-state index is 10.5. The van der Waals surface area contributed by atoms with Gasteiger partial charge >= 0.3 is 5.97 Å². The average molecular weight is 289 g/mol. The number of hydrogen-bond donors (Lipinski definition) is 3. The summed E-state index contributed by atoms with van der Waals surface area (Å²) in [5.74, 6) is 0.335. The van der Waals surface area contributed by atoms with Crippen LogP contribution < -0.4 is 0 Å². The van der Waals surface area contributed by atoms with Crippen LogP contribution in [0, 0.1) is 5.41 Å². The minimum atomic E-state index is -0.775. The van der Waals surface area contributed by atoms with Gasteiger partial charge in [0.1, 0.15) is 0 Å². The number of fused-ring (bicyclic) bond motifs is 3. The Morgan fingerprint density at radius 2 is 2.00 bits per heavy atom. The maximum atomic E-state index is 10.5. The highest BCUT2D eigenvalue weighted by Gasteiger charge is 2.69. The van der Waals surface area contributed by atoms with Crippen LogP contribution in [0.5, 0.6) is 11.8 Å². The van der Waals surface area contributed by atoms with Gasteiger partial charge in [-0.1, -0.05) is 18.6 Å². The number of nitrogens with zero attached hydrogens (tertiary/aromatic N) is 1. The van der Waals surface area contributed by atoms with Crippen molar-refractivity contribution < 1.29 is 20.1 Å². The fourth-order valence-electron chi connectivity index (χ4n) is 4.21. The SMILES string of the molecule is O=C(O)CCCCCn1c(O)c2c(c1O)C1CC13C=CC23. The molecule has 3 unspecified atom stereocenters. The Bertz CT molecular complexity index is 660. The number of carboxylic acid groups (broad SMARTS) is 1. The van der Waals surface area contributed by atoms with Crippen LogP contribution in [0.3, 0.4) is 0 Å². The fraction of sp³-hybridized carbons (Fsp3) is 0.562. The predicted octanol–water partition coefficient (Wildman–Crippen LogP) is 2.69. The van der Waals surface area contributed by atoms with Gasteiger partial charge in [-0.3, -0.25) is 9.36 Å². The molecule has 5 nitrogen and oxygen atoms in total. The molecule has 3 N–H and O–H groups in total. The smallest absolute Gasteiger partial charge is 0.303 e. The molecular weight excluding hydrogens is 270 g/mol. The first-order valence-electron chi connectivity index (χ1n) is 7.61. The monoisotopic (exact) mass is 289 g/mol. The number of carbonyl (C=O) groups is 1. The standard InChI is InChI=1S/C16H19NO4/c18-11(19)4-2-1-3-7-17-14(20)12-9-5-6-16(9)8-10(16)13(12)15(17)21/h5-6,9-10,20-21H,1-4,7-8H2,(H,18,19). The van der Waals surface area contributed by atoms with Gasteiger partial charge in [-0.05, 0) is 19.3 Å². The van der Waals surface area contributed by atoms with E-state index in [0.717, 1.165) is 30.4 Å². The Kier molecular flexibility index (Phi) is 2.47. The number of aliphatic carboxylic acids is 1. The zero-order chi connectivity index (χ0) is 14.8. The lowest BCUT2D eigenvalue weighted by molar-refractivity contribution is -0.137. The quantitative estimate of drug-likeness (QED) is 0.555. The van der Waals surface area contributed by atoms with Gasteiger partial charge in [-0.2, -0.15) is 0 Å². The molecular formula is C16H19NO4. The molecule has 0 saturated heterocycles. The second-order valence-electron chi connectivity index (χ2n) is 6.54. The van der Waals surface area contributed by atoms with Crippen LogP contribution in [0.15, 0.2) is 12.2 Å². The molecule has 21 heavy (non-hydrogen) atoms. The Labute approximate surface area is 122 Å². The van der Waals surface area contributed by atoms with E-state index in [-0.39, 0.29) is 29.5 Å². The highest BCUT2D eigenvalue weighted by Crippen LogP contribution is 2.80. The normalized spacial score (nSPS) is 30.5. The second kappa shape index (κ2) is 4.06. The van der Waals surface area contributed by atoms with E-state index >= 15 is 0 Å². The summed E-state index contributed by atoms with van der Waals surface area (Å²) in [6.45, 7) is 0.542. The lowest BCUT2D eigenvalue weighted by atomic mass is 9.78. The molecule has 3 atom stereocenters.